The van der Waals surface area contributed by atoms with Gasteiger partial charge in [0.2, 0.25) is 0 Å². The standard InChI is InChI=1S/C11H18N2/c1-3-4-5-11(12-2)10-6-8-13-9-7-10/h3-5,10,13H,2,6-9H2,1H3/b4-3-,11-5-. The fraction of sp³-hybridized carbons (Fsp3) is 0.545. The van der Waals surface area contributed by atoms with E-state index in [1.807, 2.05) is 19.1 Å². The zero-order valence-corrected chi connectivity index (χ0v) is 8.29. The molecular weight excluding hydrogens is 160 g/mol. The highest BCUT2D eigenvalue weighted by Gasteiger charge is 2.15. The number of nitrogens with zero attached hydrogens (tertiary/aromatic N) is 1. The second kappa shape index (κ2) is 5.70. The van der Waals surface area contributed by atoms with Gasteiger partial charge in [-0.2, -0.15) is 0 Å². The van der Waals surface area contributed by atoms with E-state index in [2.05, 4.69) is 23.1 Å². The van der Waals surface area contributed by atoms with Crippen molar-refractivity contribution in [3.8, 4) is 0 Å². The van der Waals surface area contributed by atoms with Crippen molar-refractivity contribution in [2.45, 2.75) is 19.8 Å². The summed E-state index contributed by atoms with van der Waals surface area (Å²) in [5.74, 6) is 0.606. The van der Waals surface area contributed by atoms with Crippen molar-refractivity contribution in [2.75, 3.05) is 13.1 Å². The minimum absolute atomic E-state index is 0.606. The maximum absolute atomic E-state index is 4.08. The molecule has 0 bridgehead atoms. The Bertz CT molecular complexity index is 210. The van der Waals surface area contributed by atoms with E-state index in [0.29, 0.717) is 5.92 Å². The average Bonchev–Trinajstić information content (AvgIpc) is 2.21. The van der Waals surface area contributed by atoms with Gasteiger partial charge in [-0.15, -0.1) is 0 Å². The Morgan fingerprint density at radius 2 is 2.15 bits per heavy atom. The first-order chi connectivity index (χ1) is 6.38. The second-order valence-electron chi connectivity index (χ2n) is 3.30. The Morgan fingerprint density at radius 3 is 2.69 bits per heavy atom. The lowest BCUT2D eigenvalue weighted by molar-refractivity contribution is 0.418. The fourth-order valence-corrected chi connectivity index (χ4v) is 1.63. The number of hydrogen-bond acceptors (Lipinski definition) is 2. The molecule has 72 valence electrons. The Morgan fingerprint density at radius 1 is 1.46 bits per heavy atom. The van der Waals surface area contributed by atoms with Gasteiger partial charge in [0.05, 0.1) is 0 Å². The summed E-state index contributed by atoms with van der Waals surface area (Å²) < 4.78 is 0. The Hall–Kier alpha value is -0.890. The van der Waals surface area contributed by atoms with Crippen molar-refractivity contribution in [1.82, 2.24) is 5.32 Å². The van der Waals surface area contributed by atoms with Crippen molar-refractivity contribution in [3.05, 3.63) is 23.9 Å². The van der Waals surface area contributed by atoms with E-state index in [-0.39, 0.29) is 0 Å². The lowest BCUT2D eigenvalue weighted by Gasteiger charge is -2.22. The van der Waals surface area contributed by atoms with Gasteiger partial charge >= 0.3 is 0 Å². The molecule has 0 radical (unpaired) electrons. The number of rotatable bonds is 3. The number of piperidine rings is 1. The van der Waals surface area contributed by atoms with E-state index in [1.54, 1.807) is 0 Å². The summed E-state index contributed by atoms with van der Waals surface area (Å²) in [6.45, 7) is 7.84. The summed E-state index contributed by atoms with van der Waals surface area (Å²) >= 11 is 0. The predicted molar refractivity (Wildman–Crippen MR) is 58.0 cm³/mol. The van der Waals surface area contributed by atoms with Crippen LogP contribution in [0.2, 0.25) is 0 Å². The van der Waals surface area contributed by atoms with E-state index in [4.69, 9.17) is 0 Å². The minimum atomic E-state index is 0.606. The molecule has 0 unspecified atom stereocenters. The Labute approximate surface area is 80.4 Å². The van der Waals surface area contributed by atoms with Gasteiger partial charge in [0.15, 0.2) is 0 Å². The first kappa shape index (κ1) is 10.2. The van der Waals surface area contributed by atoms with E-state index >= 15 is 0 Å². The molecule has 1 aliphatic heterocycles. The van der Waals surface area contributed by atoms with Crippen molar-refractivity contribution < 1.29 is 0 Å². The van der Waals surface area contributed by atoms with Gasteiger partial charge in [0.1, 0.15) is 0 Å². The van der Waals surface area contributed by atoms with Crippen LogP contribution in [0.5, 0.6) is 0 Å². The molecule has 0 atom stereocenters. The second-order valence-corrected chi connectivity index (χ2v) is 3.30. The molecule has 1 aliphatic rings. The third-order valence-corrected chi connectivity index (χ3v) is 2.40. The molecule has 0 aromatic rings. The maximum atomic E-state index is 4.08. The van der Waals surface area contributed by atoms with Gasteiger partial charge < -0.3 is 5.32 Å². The summed E-state index contributed by atoms with van der Waals surface area (Å²) in [5.41, 5.74) is 1.14. The van der Waals surface area contributed by atoms with Gasteiger partial charge in [0, 0.05) is 11.6 Å². The highest BCUT2D eigenvalue weighted by molar-refractivity contribution is 5.31. The number of allylic oxidation sites excluding steroid dienone is 4. The van der Waals surface area contributed by atoms with Crippen LogP contribution in [0, 0.1) is 5.92 Å². The predicted octanol–water partition coefficient (Wildman–Crippen LogP) is 2.15. The molecule has 0 spiro atoms. The van der Waals surface area contributed by atoms with Crippen LogP contribution in [0.15, 0.2) is 28.9 Å². The minimum Gasteiger partial charge on any atom is -0.317 e. The largest absolute Gasteiger partial charge is 0.317 e. The first-order valence-electron chi connectivity index (χ1n) is 4.88. The highest BCUT2D eigenvalue weighted by atomic mass is 14.9. The molecule has 1 N–H and O–H groups in total. The summed E-state index contributed by atoms with van der Waals surface area (Å²) in [4.78, 5) is 4.08. The summed E-state index contributed by atoms with van der Waals surface area (Å²) in [5, 5.41) is 3.34. The first-order valence-corrected chi connectivity index (χ1v) is 4.88. The van der Waals surface area contributed by atoms with E-state index in [9.17, 15) is 0 Å². The molecule has 13 heavy (non-hydrogen) atoms. The topological polar surface area (TPSA) is 24.4 Å². The van der Waals surface area contributed by atoms with E-state index < -0.39 is 0 Å². The van der Waals surface area contributed by atoms with Crippen LogP contribution in [0.4, 0.5) is 0 Å². The van der Waals surface area contributed by atoms with Crippen molar-refractivity contribution in [3.63, 3.8) is 0 Å². The molecule has 0 aromatic heterocycles. The van der Waals surface area contributed by atoms with Gasteiger partial charge in [-0.3, -0.25) is 4.99 Å². The molecule has 1 heterocycles. The molecule has 0 amide bonds. The Kier molecular flexibility index (Phi) is 4.47. The quantitative estimate of drug-likeness (QED) is 0.519. The summed E-state index contributed by atoms with van der Waals surface area (Å²) in [6, 6.07) is 0. The zero-order valence-electron chi connectivity index (χ0n) is 8.29. The molecule has 0 saturated carbocycles. The van der Waals surface area contributed by atoms with Crippen LogP contribution in [-0.4, -0.2) is 19.8 Å². The van der Waals surface area contributed by atoms with Crippen molar-refractivity contribution in [1.29, 1.82) is 0 Å². The van der Waals surface area contributed by atoms with Crippen LogP contribution in [0.1, 0.15) is 19.8 Å². The van der Waals surface area contributed by atoms with Crippen LogP contribution in [0.25, 0.3) is 0 Å². The van der Waals surface area contributed by atoms with Crippen LogP contribution < -0.4 is 5.32 Å². The molecule has 2 nitrogen and oxygen atoms in total. The fourth-order valence-electron chi connectivity index (χ4n) is 1.63. The lowest BCUT2D eigenvalue weighted by Crippen LogP contribution is -2.28. The van der Waals surface area contributed by atoms with Gasteiger partial charge in [-0.25, -0.2) is 0 Å². The van der Waals surface area contributed by atoms with Gasteiger partial charge in [0.25, 0.3) is 0 Å². The third kappa shape index (κ3) is 3.15. The van der Waals surface area contributed by atoms with E-state index in [1.165, 1.54) is 12.8 Å². The number of hydrogen-bond donors (Lipinski definition) is 1. The molecule has 2 heteroatoms. The van der Waals surface area contributed by atoms with Crippen molar-refractivity contribution in [2.24, 2.45) is 10.9 Å². The summed E-state index contributed by atoms with van der Waals surface area (Å²) in [6.07, 6.45) is 8.49. The summed E-state index contributed by atoms with van der Waals surface area (Å²) in [7, 11) is 0. The molecular formula is C11H18N2. The van der Waals surface area contributed by atoms with Crippen LogP contribution in [-0.2, 0) is 0 Å². The molecule has 0 aromatic carbocycles. The normalized spacial score (nSPS) is 20.8. The molecule has 1 rings (SSSR count). The highest BCUT2D eigenvalue weighted by Crippen LogP contribution is 2.21. The van der Waals surface area contributed by atoms with Crippen LogP contribution >= 0.6 is 0 Å². The average molecular weight is 178 g/mol. The SMILES string of the molecule is C=N/C(=C\C=C/C)C1CCNCC1. The zero-order chi connectivity index (χ0) is 9.52. The molecule has 1 fully saturated rings. The number of aliphatic imine (C=N–C) groups is 1. The number of nitrogens with one attached hydrogen (secondary N) is 1. The third-order valence-electron chi connectivity index (χ3n) is 2.40. The van der Waals surface area contributed by atoms with Crippen molar-refractivity contribution >= 4 is 6.72 Å². The Balaban J connectivity index is 2.58. The molecule has 0 aliphatic carbocycles. The lowest BCUT2D eigenvalue weighted by atomic mass is 9.94. The van der Waals surface area contributed by atoms with Gasteiger partial charge in [-0.1, -0.05) is 12.2 Å². The maximum Gasteiger partial charge on any atom is 0.0428 e. The van der Waals surface area contributed by atoms with Gasteiger partial charge in [-0.05, 0) is 45.6 Å². The van der Waals surface area contributed by atoms with Crippen LogP contribution in [0.3, 0.4) is 0 Å². The van der Waals surface area contributed by atoms with E-state index in [0.717, 1.165) is 18.8 Å². The molecule has 1 saturated heterocycles. The monoisotopic (exact) mass is 178 g/mol. The smallest absolute Gasteiger partial charge is 0.0428 e.